The number of hydrogen-bond acceptors (Lipinski definition) is 3. The van der Waals surface area contributed by atoms with Crippen LogP contribution < -0.4 is 5.32 Å². The van der Waals surface area contributed by atoms with Crippen LogP contribution in [0.5, 0.6) is 0 Å². The molecule has 0 spiro atoms. The van der Waals surface area contributed by atoms with Gasteiger partial charge < -0.3 is 15.2 Å². The van der Waals surface area contributed by atoms with E-state index >= 15 is 0 Å². The second kappa shape index (κ2) is 5.99. The average molecular weight is 205 g/mol. The largest absolute Gasteiger partial charge is 0.450 e. The number of ether oxygens (including phenoxy) is 1. The topological polar surface area (TPSA) is 58.6 Å². The highest BCUT2D eigenvalue weighted by atomic mass is 28.3. The van der Waals surface area contributed by atoms with Crippen molar-refractivity contribution in [3.63, 3.8) is 0 Å². The van der Waals surface area contributed by atoms with Crippen LogP contribution in [0.3, 0.4) is 0 Å². The Kier molecular flexibility index (Phi) is 5.73. The number of carbonyl (C=O) groups excluding carboxylic acids is 1. The van der Waals surface area contributed by atoms with Gasteiger partial charge in [0.05, 0.1) is 13.2 Å². The van der Waals surface area contributed by atoms with Gasteiger partial charge in [-0.05, 0) is 6.04 Å². The van der Waals surface area contributed by atoms with E-state index in [4.69, 9.17) is 9.84 Å². The Hall–Kier alpha value is -0.553. The second-order valence-electron chi connectivity index (χ2n) is 4.10. The molecule has 0 fully saturated rings. The zero-order chi connectivity index (χ0) is 10.3. The Bertz CT molecular complexity index is 156. The van der Waals surface area contributed by atoms with Gasteiger partial charge in [-0.3, -0.25) is 0 Å². The van der Waals surface area contributed by atoms with Crippen molar-refractivity contribution in [1.29, 1.82) is 0 Å². The van der Waals surface area contributed by atoms with Crippen LogP contribution >= 0.6 is 0 Å². The van der Waals surface area contributed by atoms with E-state index in [9.17, 15) is 4.79 Å². The maximum atomic E-state index is 10.9. The summed E-state index contributed by atoms with van der Waals surface area (Å²) in [6, 6.07) is 0.972. The molecule has 0 atom stereocenters. The van der Waals surface area contributed by atoms with E-state index in [2.05, 4.69) is 25.0 Å². The van der Waals surface area contributed by atoms with E-state index in [1.54, 1.807) is 0 Å². The third-order valence-corrected chi connectivity index (χ3v) is 3.17. The van der Waals surface area contributed by atoms with E-state index in [-0.39, 0.29) is 13.2 Å². The van der Waals surface area contributed by atoms with Crippen molar-refractivity contribution in [3.05, 3.63) is 0 Å². The van der Waals surface area contributed by atoms with Gasteiger partial charge in [0.2, 0.25) is 0 Å². The maximum absolute atomic E-state index is 10.9. The summed E-state index contributed by atoms with van der Waals surface area (Å²) in [4.78, 5) is 10.9. The molecule has 0 bridgehead atoms. The molecule has 4 nitrogen and oxygen atoms in total. The van der Waals surface area contributed by atoms with Crippen LogP contribution in [0.15, 0.2) is 0 Å². The molecule has 1 amide bonds. The third kappa shape index (κ3) is 9.36. The summed E-state index contributed by atoms with van der Waals surface area (Å²) in [6.07, 6.45) is -0.438. The molecule has 0 aliphatic rings. The Labute approximate surface area is 80.3 Å². The lowest BCUT2D eigenvalue weighted by molar-refractivity contribution is 0.149. The molecule has 78 valence electrons. The summed E-state index contributed by atoms with van der Waals surface area (Å²) in [6.45, 7) is 7.36. The van der Waals surface area contributed by atoms with Gasteiger partial charge in [-0.1, -0.05) is 19.6 Å². The molecule has 0 aromatic carbocycles. The molecule has 0 aliphatic carbocycles. The van der Waals surface area contributed by atoms with Crippen molar-refractivity contribution in [2.75, 3.05) is 19.8 Å². The number of alkyl carbamates (subject to hydrolysis) is 1. The number of rotatable bonds is 5. The molecule has 0 aliphatic heterocycles. The van der Waals surface area contributed by atoms with Crippen molar-refractivity contribution in [1.82, 2.24) is 5.32 Å². The zero-order valence-electron chi connectivity index (χ0n) is 8.59. The third-order valence-electron chi connectivity index (χ3n) is 1.47. The van der Waals surface area contributed by atoms with Gasteiger partial charge in [0.1, 0.15) is 0 Å². The molecule has 0 heterocycles. The first-order chi connectivity index (χ1) is 5.95. The molecular weight excluding hydrogens is 186 g/mol. The Morgan fingerprint density at radius 3 is 2.54 bits per heavy atom. The molecule has 0 rings (SSSR count). The van der Waals surface area contributed by atoms with E-state index in [1.165, 1.54) is 0 Å². The van der Waals surface area contributed by atoms with Crippen LogP contribution in [0.4, 0.5) is 4.79 Å². The second-order valence-corrected chi connectivity index (χ2v) is 9.72. The summed E-state index contributed by atoms with van der Waals surface area (Å²) in [7, 11) is -1.11. The molecule has 0 radical (unpaired) electrons. The van der Waals surface area contributed by atoms with Gasteiger partial charge in [-0.2, -0.15) is 0 Å². The lowest BCUT2D eigenvalue weighted by atomic mass is 10.7. The molecule has 0 unspecified atom stereocenters. The molecule has 0 saturated heterocycles. The standard InChI is InChI=1S/C8H19NO3Si/c1-13(2,3)7-6-12-8(11)9-4-5-10/h10H,4-7H2,1-3H3,(H,9,11). The molecule has 2 N–H and O–H groups in total. The predicted molar refractivity (Wildman–Crippen MR) is 54.6 cm³/mol. The number of hydrogen-bond donors (Lipinski definition) is 2. The number of amides is 1. The highest BCUT2D eigenvalue weighted by Gasteiger charge is 2.13. The first-order valence-electron chi connectivity index (χ1n) is 4.47. The van der Waals surface area contributed by atoms with E-state index in [0.717, 1.165) is 6.04 Å². The molecule has 0 aromatic rings. The Morgan fingerprint density at radius 1 is 1.46 bits per heavy atom. The molecule has 0 aromatic heterocycles. The van der Waals surface area contributed by atoms with Gasteiger partial charge in [-0.25, -0.2) is 4.79 Å². The smallest absolute Gasteiger partial charge is 0.407 e. The summed E-state index contributed by atoms with van der Waals surface area (Å²) in [5, 5.41) is 10.8. The van der Waals surface area contributed by atoms with Gasteiger partial charge in [0.15, 0.2) is 0 Å². The molecule has 5 heteroatoms. The fourth-order valence-electron chi connectivity index (χ4n) is 0.659. The van der Waals surface area contributed by atoms with Crippen LogP contribution in [0.2, 0.25) is 25.7 Å². The SMILES string of the molecule is C[Si](C)(C)CCOC(=O)NCCO. The number of aliphatic hydroxyl groups is 1. The normalized spacial score (nSPS) is 11.1. The molecule has 13 heavy (non-hydrogen) atoms. The highest BCUT2D eigenvalue weighted by molar-refractivity contribution is 6.76. The number of nitrogens with one attached hydrogen (secondary N) is 1. The fraction of sp³-hybridized carbons (Fsp3) is 0.875. The first kappa shape index (κ1) is 12.4. The fourth-order valence-corrected chi connectivity index (χ4v) is 1.37. The lowest BCUT2D eigenvalue weighted by Crippen LogP contribution is -2.29. The predicted octanol–water partition coefficient (Wildman–Crippen LogP) is 1.04. The van der Waals surface area contributed by atoms with Crippen molar-refractivity contribution in [3.8, 4) is 0 Å². The van der Waals surface area contributed by atoms with Crippen molar-refractivity contribution in [2.24, 2.45) is 0 Å². The van der Waals surface area contributed by atoms with E-state index in [0.29, 0.717) is 6.61 Å². The highest BCUT2D eigenvalue weighted by Crippen LogP contribution is 2.07. The van der Waals surface area contributed by atoms with Crippen molar-refractivity contribution >= 4 is 14.2 Å². The summed E-state index contributed by atoms with van der Waals surface area (Å²) >= 11 is 0. The van der Waals surface area contributed by atoms with Gasteiger partial charge in [0.25, 0.3) is 0 Å². The molecular formula is C8H19NO3Si. The quantitative estimate of drug-likeness (QED) is 0.659. The van der Waals surface area contributed by atoms with Crippen LogP contribution in [0, 0.1) is 0 Å². The summed E-state index contributed by atoms with van der Waals surface area (Å²) in [5.74, 6) is 0. The van der Waals surface area contributed by atoms with Gasteiger partial charge in [0, 0.05) is 14.6 Å². The van der Waals surface area contributed by atoms with Crippen LogP contribution in [-0.4, -0.2) is 39.0 Å². The molecule has 0 saturated carbocycles. The minimum absolute atomic E-state index is 0.0525. The van der Waals surface area contributed by atoms with Gasteiger partial charge >= 0.3 is 6.09 Å². The Balaban J connectivity index is 3.37. The van der Waals surface area contributed by atoms with Crippen LogP contribution in [0.25, 0.3) is 0 Å². The minimum atomic E-state index is -1.11. The number of carbonyl (C=O) groups is 1. The van der Waals surface area contributed by atoms with Crippen LogP contribution in [0.1, 0.15) is 0 Å². The lowest BCUT2D eigenvalue weighted by Gasteiger charge is -2.15. The summed E-state index contributed by atoms with van der Waals surface area (Å²) < 4.78 is 4.89. The minimum Gasteiger partial charge on any atom is -0.450 e. The number of aliphatic hydroxyl groups excluding tert-OH is 1. The summed E-state index contributed by atoms with van der Waals surface area (Å²) in [5.41, 5.74) is 0. The monoisotopic (exact) mass is 205 g/mol. The zero-order valence-corrected chi connectivity index (χ0v) is 9.59. The Morgan fingerprint density at radius 2 is 2.08 bits per heavy atom. The van der Waals surface area contributed by atoms with Gasteiger partial charge in [-0.15, -0.1) is 0 Å². The first-order valence-corrected chi connectivity index (χ1v) is 8.18. The van der Waals surface area contributed by atoms with E-state index < -0.39 is 14.2 Å². The van der Waals surface area contributed by atoms with Crippen LogP contribution in [-0.2, 0) is 4.74 Å². The van der Waals surface area contributed by atoms with Crippen molar-refractivity contribution < 1.29 is 14.6 Å². The van der Waals surface area contributed by atoms with E-state index in [1.807, 2.05) is 0 Å². The van der Waals surface area contributed by atoms with Crippen molar-refractivity contribution in [2.45, 2.75) is 25.7 Å². The average Bonchev–Trinajstić information content (AvgIpc) is 1.98. The maximum Gasteiger partial charge on any atom is 0.407 e.